The standard InChI is InChI=1S/C17H14ClN3O2/c1-10-9-14(18)7-8-15(10)19-16(22)12-3-5-13(6-4-12)17-21-20-11(2)23-17/h3-9H,1-2H3,(H,19,22). The average Bonchev–Trinajstić information content (AvgIpc) is 2.97. The molecule has 0 saturated heterocycles. The zero-order valence-corrected chi connectivity index (χ0v) is 13.4. The van der Waals surface area contributed by atoms with Crippen molar-refractivity contribution in [3.05, 3.63) is 64.5 Å². The number of rotatable bonds is 3. The lowest BCUT2D eigenvalue weighted by atomic mass is 10.1. The maximum absolute atomic E-state index is 12.3. The van der Waals surface area contributed by atoms with Crippen molar-refractivity contribution in [3.8, 4) is 11.5 Å². The number of carbonyl (C=O) groups is 1. The summed E-state index contributed by atoms with van der Waals surface area (Å²) in [6, 6.07) is 12.3. The fraction of sp³-hybridized carbons (Fsp3) is 0.118. The Morgan fingerprint density at radius 3 is 2.43 bits per heavy atom. The molecule has 2 aromatic carbocycles. The van der Waals surface area contributed by atoms with Gasteiger partial charge in [-0.15, -0.1) is 10.2 Å². The molecule has 0 bridgehead atoms. The first kappa shape index (κ1) is 15.2. The van der Waals surface area contributed by atoms with Gasteiger partial charge in [-0.1, -0.05) is 11.6 Å². The minimum Gasteiger partial charge on any atom is -0.421 e. The van der Waals surface area contributed by atoms with E-state index in [-0.39, 0.29) is 5.91 Å². The zero-order chi connectivity index (χ0) is 16.4. The molecule has 6 heteroatoms. The van der Waals surface area contributed by atoms with Gasteiger partial charge in [0.25, 0.3) is 5.91 Å². The summed E-state index contributed by atoms with van der Waals surface area (Å²) in [4.78, 5) is 12.3. The normalized spacial score (nSPS) is 10.6. The number of carbonyl (C=O) groups excluding carboxylic acids is 1. The summed E-state index contributed by atoms with van der Waals surface area (Å²) in [6.07, 6.45) is 0. The summed E-state index contributed by atoms with van der Waals surface area (Å²) in [5.74, 6) is 0.742. The molecule has 1 aromatic heterocycles. The highest BCUT2D eigenvalue weighted by molar-refractivity contribution is 6.30. The molecule has 0 atom stereocenters. The predicted molar refractivity (Wildman–Crippen MR) is 88.6 cm³/mol. The van der Waals surface area contributed by atoms with Crippen LogP contribution in [0.1, 0.15) is 21.8 Å². The van der Waals surface area contributed by atoms with Gasteiger partial charge in [-0.3, -0.25) is 4.79 Å². The Labute approximate surface area is 138 Å². The number of benzene rings is 2. The van der Waals surface area contributed by atoms with Gasteiger partial charge in [-0.05, 0) is 55.0 Å². The summed E-state index contributed by atoms with van der Waals surface area (Å²) < 4.78 is 5.36. The van der Waals surface area contributed by atoms with Gasteiger partial charge in [0.1, 0.15) is 0 Å². The van der Waals surface area contributed by atoms with E-state index in [1.165, 1.54) is 0 Å². The van der Waals surface area contributed by atoms with Crippen molar-refractivity contribution in [2.75, 3.05) is 5.32 Å². The van der Waals surface area contributed by atoms with Crippen molar-refractivity contribution in [1.29, 1.82) is 0 Å². The van der Waals surface area contributed by atoms with Crippen molar-refractivity contribution in [1.82, 2.24) is 10.2 Å². The number of halogens is 1. The molecule has 3 aromatic rings. The summed E-state index contributed by atoms with van der Waals surface area (Å²) >= 11 is 5.92. The Bertz CT molecular complexity index is 857. The Hall–Kier alpha value is -2.66. The number of amides is 1. The van der Waals surface area contributed by atoms with Crippen LogP contribution in [-0.4, -0.2) is 16.1 Å². The molecule has 116 valence electrons. The fourth-order valence-electron chi connectivity index (χ4n) is 2.14. The van der Waals surface area contributed by atoms with E-state index in [9.17, 15) is 4.79 Å². The molecule has 0 saturated carbocycles. The van der Waals surface area contributed by atoms with Gasteiger partial charge < -0.3 is 9.73 Å². The molecule has 3 rings (SSSR count). The first-order valence-electron chi connectivity index (χ1n) is 7.01. The van der Waals surface area contributed by atoms with Crippen LogP contribution in [0.2, 0.25) is 5.02 Å². The molecule has 0 unspecified atom stereocenters. The molecule has 5 nitrogen and oxygen atoms in total. The zero-order valence-electron chi connectivity index (χ0n) is 12.6. The second kappa shape index (κ2) is 6.22. The van der Waals surface area contributed by atoms with Gasteiger partial charge >= 0.3 is 0 Å². The summed E-state index contributed by atoms with van der Waals surface area (Å²) in [7, 11) is 0. The van der Waals surface area contributed by atoms with Crippen molar-refractivity contribution < 1.29 is 9.21 Å². The van der Waals surface area contributed by atoms with Gasteiger partial charge in [-0.2, -0.15) is 0 Å². The first-order valence-corrected chi connectivity index (χ1v) is 7.39. The van der Waals surface area contributed by atoms with E-state index in [0.717, 1.165) is 16.8 Å². The molecular formula is C17H14ClN3O2. The maximum Gasteiger partial charge on any atom is 0.255 e. The number of hydrogen-bond acceptors (Lipinski definition) is 4. The number of aromatic nitrogens is 2. The highest BCUT2D eigenvalue weighted by atomic mass is 35.5. The van der Waals surface area contributed by atoms with Crippen LogP contribution >= 0.6 is 11.6 Å². The molecular weight excluding hydrogens is 314 g/mol. The molecule has 0 radical (unpaired) electrons. The number of nitrogens with zero attached hydrogens (tertiary/aromatic N) is 2. The highest BCUT2D eigenvalue weighted by Gasteiger charge is 2.10. The van der Waals surface area contributed by atoms with Crippen LogP contribution in [0.4, 0.5) is 5.69 Å². The lowest BCUT2D eigenvalue weighted by Crippen LogP contribution is -2.12. The van der Waals surface area contributed by atoms with E-state index in [1.807, 2.05) is 6.92 Å². The van der Waals surface area contributed by atoms with Crippen LogP contribution in [0.5, 0.6) is 0 Å². The van der Waals surface area contributed by atoms with Gasteiger partial charge in [0.15, 0.2) is 0 Å². The molecule has 1 amide bonds. The monoisotopic (exact) mass is 327 g/mol. The molecule has 23 heavy (non-hydrogen) atoms. The lowest BCUT2D eigenvalue weighted by molar-refractivity contribution is 0.102. The van der Waals surface area contributed by atoms with Crippen LogP contribution in [-0.2, 0) is 0 Å². The van der Waals surface area contributed by atoms with E-state index in [4.69, 9.17) is 16.0 Å². The quantitative estimate of drug-likeness (QED) is 0.780. The Morgan fingerprint density at radius 1 is 1.09 bits per heavy atom. The van der Waals surface area contributed by atoms with E-state index >= 15 is 0 Å². The fourth-order valence-corrected chi connectivity index (χ4v) is 2.37. The molecule has 1 N–H and O–H groups in total. The minimum atomic E-state index is -0.191. The van der Waals surface area contributed by atoms with Gasteiger partial charge in [0.2, 0.25) is 11.8 Å². The summed E-state index contributed by atoms with van der Waals surface area (Å²) in [5, 5.41) is 11.2. The van der Waals surface area contributed by atoms with Crippen LogP contribution in [0, 0.1) is 13.8 Å². The van der Waals surface area contributed by atoms with Crippen LogP contribution in [0.3, 0.4) is 0 Å². The second-order valence-electron chi connectivity index (χ2n) is 5.12. The third kappa shape index (κ3) is 3.40. The highest BCUT2D eigenvalue weighted by Crippen LogP contribution is 2.21. The van der Waals surface area contributed by atoms with Gasteiger partial charge in [0.05, 0.1) is 0 Å². The summed E-state index contributed by atoms with van der Waals surface area (Å²) in [6.45, 7) is 3.62. The number of aryl methyl sites for hydroxylation is 2. The molecule has 0 aliphatic heterocycles. The average molecular weight is 328 g/mol. The van der Waals surface area contributed by atoms with Crippen molar-refractivity contribution in [2.24, 2.45) is 0 Å². The Balaban J connectivity index is 1.77. The van der Waals surface area contributed by atoms with Crippen molar-refractivity contribution >= 4 is 23.2 Å². The predicted octanol–water partition coefficient (Wildman–Crippen LogP) is 4.26. The minimum absolute atomic E-state index is 0.191. The third-order valence-corrected chi connectivity index (χ3v) is 3.59. The molecule has 0 fully saturated rings. The maximum atomic E-state index is 12.3. The topological polar surface area (TPSA) is 68.0 Å². The summed E-state index contributed by atoms with van der Waals surface area (Å²) in [5.41, 5.74) is 2.95. The lowest BCUT2D eigenvalue weighted by Gasteiger charge is -2.09. The Kier molecular flexibility index (Phi) is 4.12. The SMILES string of the molecule is Cc1nnc(-c2ccc(C(=O)Nc3ccc(Cl)cc3C)cc2)o1. The largest absolute Gasteiger partial charge is 0.421 e. The smallest absolute Gasteiger partial charge is 0.255 e. The number of nitrogens with one attached hydrogen (secondary N) is 1. The van der Waals surface area contributed by atoms with Crippen LogP contribution < -0.4 is 5.32 Å². The second-order valence-corrected chi connectivity index (χ2v) is 5.55. The molecule has 0 aliphatic rings. The van der Waals surface area contributed by atoms with Crippen molar-refractivity contribution in [3.63, 3.8) is 0 Å². The molecule has 1 heterocycles. The van der Waals surface area contributed by atoms with Crippen molar-refractivity contribution in [2.45, 2.75) is 13.8 Å². The first-order chi connectivity index (χ1) is 11.0. The van der Waals surface area contributed by atoms with Gasteiger partial charge in [-0.25, -0.2) is 0 Å². The van der Waals surface area contributed by atoms with Gasteiger partial charge in [0, 0.05) is 28.8 Å². The van der Waals surface area contributed by atoms with E-state index < -0.39 is 0 Å². The van der Waals surface area contributed by atoms with E-state index in [1.54, 1.807) is 49.4 Å². The van der Waals surface area contributed by atoms with E-state index in [0.29, 0.717) is 22.4 Å². The molecule has 0 spiro atoms. The van der Waals surface area contributed by atoms with Crippen LogP contribution in [0.15, 0.2) is 46.9 Å². The van der Waals surface area contributed by atoms with Crippen LogP contribution in [0.25, 0.3) is 11.5 Å². The number of hydrogen-bond donors (Lipinski definition) is 1. The Morgan fingerprint density at radius 2 is 1.83 bits per heavy atom. The number of anilines is 1. The van der Waals surface area contributed by atoms with E-state index in [2.05, 4.69) is 15.5 Å². The molecule has 0 aliphatic carbocycles. The third-order valence-electron chi connectivity index (χ3n) is 3.36.